The third-order valence-electron chi connectivity index (χ3n) is 13.0. The van der Waals surface area contributed by atoms with Gasteiger partial charge in [-0.3, -0.25) is 68.1 Å². The molecule has 2 aromatic rings. The van der Waals surface area contributed by atoms with E-state index >= 15 is 0 Å². The van der Waals surface area contributed by atoms with Crippen LogP contribution in [0.2, 0.25) is 0 Å². The molecule has 1 saturated heterocycles. The average molecular weight is 1120 g/mol. The summed E-state index contributed by atoms with van der Waals surface area (Å²) in [6.07, 6.45) is 0.0853. The zero-order valence-electron chi connectivity index (χ0n) is 46.3. The number of hydrogen-bond acceptors (Lipinski definition) is 15. The van der Waals surface area contributed by atoms with Crippen LogP contribution in [0.5, 0.6) is 5.75 Å². The summed E-state index contributed by atoms with van der Waals surface area (Å²) < 4.78 is 5.49. The third-order valence-corrected chi connectivity index (χ3v) is 13.0. The van der Waals surface area contributed by atoms with Crippen molar-refractivity contribution in [2.45, 2.75) is 154 Å². The van der Waals surface area contributed by atoms with Crippen molar-refractivity contribution in [1.82, 2.24) is 36.4 Å². The topological polar surface area (TPSA) is 453 Å². The quantitative estimate of drug-likeness (QED) is 0.0201. The number of likely N-dealkylation sites (tertiary alicyclic amines) is 1. The molecule has 440 valence electrons. The van der Waals surface area contributed by atoms with Gasteiger partial charge >= 0.3 is 0 Å². The van der Waals surface area contributed by atoms with Crippen LogP contribution in [0, 0.1) is 5.92 Å². The number of carbonyl (C=O) groups is 10. The first-order chi connectivity index (χ1) is 37.9. The number of rotatable bonds is 32. The lowest BCUT2D eigenvalue weighted by molar-refractivity contribution is -0.154. The summed E-state index contributed by atoms with van der Waals surface area (Å²) in [5.41, 5.74) is 42.0. The highest BCUT2D eigenvalue weighted by Crippen LogP contribution is 2.21. The zero-order valence-corrected chi connectivity index (χ0v) is 46.3. The number of nitrogens with one attached hydrogen (secondary N) is 5. The number of amides is 10. The Morgan fingerprint density at radius 1 is 0.700 bits per heavy atom. The number of hydrogen-bond donors (Lipinski definition) is 12. The van der Waals surface area contributed by atoms with Crippen molar-refractivity contribution in [3.05, 3.63) is 65.7 Å². The molecule has 0 saturated carbocycles. The number of benzene rings is 2. The Hall–Kier alpha value is -8.20. The Morgan fingerprint density at radius 2 is 1.32 bits per heavy atom. The molecule has 2 aromatic carbocycles. The largest absolute Gasteiger partial charge is 0.494 e. The normalized spacial score (nSPS) is 15.8. The van der Waals surface area contributed by atoms with E-state index in [1.54, 1.807) is 75.4 Å². The molecule has 1 aliphatic heterocycles. The number of imide groups is 1. The molecule has 8 atom stereocenters. The van der Waals surface area contributed by atoms with Gasteiger partial charge in [0.15, 0.2) is 11.9 Å². The zero-order chi connectivity index (χ0) is 59.6. The highest BCUT2D eigenvalue weighted by molar-refractivity contribution is 6.04. The molecule has 0 spiro atoms. The van der Waals surface area contributed by atoms with E-state index in [2.05, 4.69) is 36.6 Å². The van der Waals surface area contributed by atoms with Crippen LogP contribution < -0.4 is 71.5 Å². The van der Waals surface area contributed by atoms with Crippen molar-refractivity contribution in [2.24, 2.45) is 56.0 Å². The molecule has 10 amide bonds. The highest BCUT2D eigenvalue weighted by atomic mass is 16.5. The fraction of sp³-hybridized carbons (Fsp3) is 0.547. The average Bonchev–Trinajstić information content (AvgIpc) is 3.92. The van der Waals surface area contributed by atoms with Crippen LogP contribution in [0.25, 0.3) is 0 Å². The molecule has 27 heteroatoms. The van der Waals surface area contributed by atoms with E-state index in [1.807, 2.05) is 6.92 Å². The maximum atomic E-state index is 14.4. The number of carbonyl (C=O) groups excluding carboxylic acids is 10. The van der Waals surface area contributed by atoms with Crippen molar-refractivity contribution in [3.63, 3.8) is 0 Å². The summed E-state index contributed by atoms with van der Waals surface area (Å²) >= 11 is 0. The van der Waals surface area contributed by atoms with Gasteiger partial charge in [-0.15, -0.1) is 0 Å². The molecule has 1 fully saturated rings. The fourth-order valence-corrected chi connectivity index (χ4v) is 8.68. The summed E-state index contributed by atoms with van der Waals surface area (Å²) in [4.78, 5) is 145. The van der Waals surface area contributed by atoms with Gasteiger partial charge < -0.3 is 71.0 Å². The van der Waals surface area contributed by atoms with Crippen molar-refractivity contribution < 1.29 is 52.7 Å². The molecule has 0 aromatic heterocycles. The fourth-order valence-electron chi connectivity index (χ4n) is 8.68. The second kappa shape index (κ2) is 33.3. The van der Waals surface area contributed by atoms with Crippen molar-refractivity contribution in [3.8, 4) is 5.75 Å². The molecule has 0 radical (unpaired) electrons. The SMILES string of the molecule is CCOc1ccc(C[C@H](N)C(=O)N[C@@H](Cc2ccccc2)C(=O)N[C@H](C(=O)N[C@@H](CC(N)=O)C(=O)NC(N)=NCCC[C@@H](C(N)=O)N(C(=O)CC)C(=O)[C@H](CCCN=C(N)N)NC(=O)[C@@H]2CCCN2C(=O)C(N)CC)C(C)C)cc1. The van der Waals surface area contributed by atoms with Gasteiger partial charge in [-0.25, -0.2) is 0 Å². The van der Waals surface area contributed by atoms with Gasteiger partial charge in [0.05, 0.1) is 25.1 Å². The highest BCUT2D eigenvalue weighted by Gasteiger charge is 2.41. The number of aliphatic imine (C=N–C) groups is 2. The van der Waals surface area contributed by atoms with Gasteiger partial charge in [0.2, 0.25) is 53.2 Å². The molecule has 1 heterocycles. The number of ether oxygens (including phenoxy) is 1. The number of primary amides is 2. The predicted molar refractivity (Wildman–Crippen MR) is 298 cm³/mol. The van der Waals surface area contributed by atoms with E-state index in [1.165, 1.54) is 11.8 Å². The molecule has 1 aliphatic rings. The summed E-state index contributed by atoms with van der Waals surface area (Å²) in [5.74, 6) is -8.83. The predicted octanol–water partition coefficient (Wildman–Crippen LogP) is -2.72. The summed E-state index contributed by atoms with van der Waals surface area (Å²) in [6.45, 7) is 8.88. The van der Waals surface area contributed by atoms with Crippen LogP contribution in [0.3, 0.4) is 0 Å². The summed E-state index contributed by atoms with van der Waals surface area (Å²) in [6, 6.07) is 5.93. The Bertz CT molecular complexity index is 2510. The van der Waals surface area contributed by atoms with Gasteiger partial charge in [-0.05, 0) is 87.5 Å². The van der Waals surface area contributed by atoms with Gasteiger partial charge in [0.1, 0.15) is 42.0 Å². The number of nitrogens with zero attached hydrogens (tertiary/aromatic N) is 4. The first-order valence-electron chi connectivity index (χ1n) is 26.8. The van der Waals surface area contributed by atoms with Crippen LogP contribution in [0.15, 0.2) is 64.6 Å². The Kier molecular flexibility index (Phi) is 27.5. The molecular weight excluding hydrogens is 1040 g/mol. The lowest BCUT2D eigenvalue weighted by atomic mass is 9.99. The molecule has 3 rings (SSSR count). The molecule has 1 unspecified atom stereocenters. The van der Waals surface area contributed by atoms with Gasteiger partial charge in [0.25, 0.3) is 5.91 Å². The van der Waals surface area contributed by atoms with E-state index in [0.29, 0.717) is 35.7 Å². The van der Waals surface area contributed by atoms with E-state index in [0.717, 1.165) is 5.56 Å². The minimum absolute atomic E-state index is 0.0192. The Labute approximate surface area is 466 Å². The minimum atomic E-state index is -1.63. The van der Waals surface area contributed by atoms with Crippen LogP contribution in [0.1, 0.15) is 104 Å². The lowest BCUT2D eigenvalue weighted by Crippen LogP contribution is -2.60. The molecule has 0 aliphatic carbocycles. The van der Waals surface area contributed by atoms with Gasteiger partial charge in [-0.2, -0.15) is 0 Å². The lowest BCUT2D eigenvalue weighted by Gasteiger charge is -2.33. The molecular formula is C53H82N16O11. The molecule has 19 N–H and O–H groups in total. The number of nitrogens with two attached hydrogens (primary N) is 7. The third kappa shape index (κ3) is 21.2. The maximum absolute atomic E-state index is 14.4. The smallest absolute Gasteiger partial charge is 0.252 e. The summed E-state index contributed by atoms with van der Waals surface area (Å²) in [5, 5.41) is 12.8. The van der Waals surface area contributed by atoms with Crippen LogP contribution >= 0.6 is 0 Å². The van der Waals surface area contributed by atoms with Crippen LogP contribution in [0.4, 0.5) is 0 Å². The van der Waals surface area contributed by atoms with Crippen molar-refractivity contribution >= 4 is 71.0 Å². The monoisotopic (exact) mass is 1120 g/mol. The van der Waals surface area contributed by atoms with E-state index in [-0.39, 0.29) is 77.0 Å². The Morgan fingerprint density at radius 3 is 1.91 bits per heavy atom. The van der Waals surface area contributed by atoms with Gasteiger partial charge in [-0.1, -0.05) is 70.2 Å². The molecule has 27 nitrogen and oxygen atoms in total. The van der Waals surface area contributed by atoms with E-state index < -0.39 is 126 Å². The standard InChI is InChI=1S/C53H82N16O11/c1-6-34(54)50(78)68-26-14-19-40(68)48(76)63-36(17-12-24-61-52(58)59)51(79)69(42(71)7-2)39(44(57)72)18-13-25-62-53(60)67-47(75)38(29-41(56)70)65-49(77)43(30(4)5)66-46(74)37(28-31-15-10-9-11-16-31)64-45(73)35(55)27-32-20-22-33(23-21-32)80-8-3/h9-11,15-16,20-23,30,34-40,43H,6-8,12-14,17-19,24-29,54-55H2,1-5H3,(H2,56,70)(H2,57,72)(H,63,76)(H,64,73)(H,65,77)(H,66,74)(H4,58,59,61)(H3,60,62,67,75)/t34?,35-,36-,37-,38-,39-,40-,43-/m0/s1. The second-order valence-electron chi connectivity index (χ2n) is 19.6. The van der Waals surface area contributed by atoms with E-state index in [9.17, 15) is 47.9 Å². The molecule has 0 bridgehead atoms. The van der Waals surface area contributed by atoms with Crippen LogP contribution in [-0.2, 0) is 60.8 Å². The maximum Gasteiger partial charge on any atom is 0.252 e. The van der Waals surface area contributed by atoms with Crippen molar-refractivity contribution in [2.75, 3.05) is 26.2 Å². The Balaban J connectivity index is 1.75. The summed E-state index contributed by atoms with van der Waals surface area (Å²) in [7, 11) is 0. The molecule has 80 heavy (non-hydrogen) atoms. The first-order valence-corrected chi connectivity index (χ1v) is 26.8. The minimum Gasteiger partial charge on any atom is -0.494 e. The van der Waals surface area contributed by atoms with Crippen molar-refractivity contribution in [1.29, 1.82) is 0 Å². The second-order valence-corrected chi connectivity index (χ2v) is 19.6. The number of guanidine groups is 2. The van der Waals surface area contributed by atoms with E-state index in [4.69, 9.17) is 44.9 Å². The van der Waals surface area contributed by atoms with Gasteiger partial charge in [0, 0.05) is 32.5 Å². The van der Waals surface area contributed by atoms with Crippen LogP contribution in [-0.4, -0.2) is 155 Å². The first kappa shape index (κ1) is 66.1.